The van der Waals surface area contributed by atoms with Gasteiger partial charge < -0.3 is 9.84 Å². The van der Waals surface area contributed by atoms with Gasteiger partial charge in [0, 0.05) is 6.54 Å². The van der Waals surface area contributed by atoms with Crippen LogP contribution >= 0.6 is 0 Å². The monoisotopic (exact) mass is 259 g/mol. The molecule has 0 aliphatic rings. The molecule has 0 bridgehead atoms. The van der Waals surface area contributed by atoms with Crippen molar-refractivity contribution in [1.29, 1.82) is 0 Å². The molecule has 0 aromatic rings. The lowest BCUT2D eigenvalue weighted by Gasteiger charge is -2.38. The minimum absolute atomic E-state index is 0.255. The molecule has 106 valence electrons. The Morgan fingerprint density at radius 3 is 2.06 bits per heavy atom. The second-order valence-corrected chi connectivity index (χ2v) is 4.25. The van der Waals surface area contributed by atoms with Gasteiger partial charge in [-0.3, -0.25) is 4.90 Å². The Morgan fingerprint density at radius 1 is 1.17 bits per heavy atom. The van der Waals surface area contributed by atoms with E-state index in [0.29, 0.717) is 19.4 Å². The number of nitrogens with zero attached hydrogens (tertiary/aromatic N) is 1. The molecule has 0 rings (SSSR count). The molecule has 0 saturated heterocycles. The average molecular weight is 259 g/mol. The number of ether oxygens (including phenoxy) is 1. The van der Waals surface area contributed by atoms with Crippen LogP contribution in [0.3, 0.4) is 0 Å². The molecule has 0 aromatic heterocycles. The Hall–Kier alpha value is -1.26. The molecule has 18 heavy (non-hydrogen) atoms. The van der Waals surface area contributed by atoms with Crippen molar-refractivity contribution in [2.45, 2.75) is 58.9 Å². The van der Waals surface area contributed by atoms with Gasteiger partial charge in [-0.1, -0.05) is 27.2 Å². The molecule has 0 aliphatic carbocycles. The standard InChI is InChI=1S/C13H25NO4/c1-5-9-10-14(12(17)18-8-4)13(6-2,7-3)11(15)16/h5-10H2,1-4H3,(H,15,16). The van der Waals surface area contributed by atoms with Crippen LogP contribution in [0.2, 0.25) is 0 Å². The fourth-order valence-electron chi connectivity index (χ4n) is 2.05. The summed E-state index contributed by atoms with van der Waals surface area (Å²) >= 11 is 0. The molecule has 0 saturated carbocycles. The molecule has 1 amide bonds. The van der Waals surface area contributed by atoms with Crippen molar-refractivity contribution in [3.8, 4) is 0 Å². The highest BCUT2D eigenvalue weighted by molar-refractivity contribution is 5.84. The third kappa shape index (κ3) is 3.62. The third-order valence-corrected chi connectivity index (χ3v) is 3.31. The number of carboxylic acids is 1. The van der Waals surface area contributed by atoms with Crippen molar-refractivity contribution in [3.05, 3.63) is 0 Å². The van der Waals surface area contributed by atoms with E-state index in [1.54, 1.807) is 20.8 Å². The number of hydrogen-bond acceptors (Lipinski definition) is 3. The van der Waals surface area contributed by atoms with Gasteiger partial charge in [-0.2, -0.15) is 0 Å². The van der Waals surface area contributed by atoms with Crippen LogP contribution < -0.4 is 0 Å². The van der Waals surface area contributed by atoms with E-state index in [1.807, 2.05) is 6.92 Å². The van der Waals surface area contributed by atoms with Gasteiger partial charge in [-0.05, 0) is 26.2 Å². The molecule has 0 fully saturated rings. The van der Waals surface area contributed by atoms with Crippen molar-refractivity contribution in [3.63, 3.8) is 0 Å². The van der Waals surface area contributed by atoms with Crippen LogP contribution in [0, 0.1) is 0 Å². The molecule has 5 heteroatoms. The quantitative estimate of drug-likeness (QED) is 0.727. The molecule has 0 heterocycles. The van der Waals surface area contributed by atoms with Crippen LogP contribution in [-0.4, -0.2) is 40.8 Å². The maximum atomic E-state index is 12.0. The Labute approximate surface area is 109 Å². The molecular weight excluding hydrogens is 234 g/mol. The van der Waals surface area contributed by atoms with E-state index in [1.165, 1.54) is 4.90 Å². The van der Waals surface area contributed by atoms with Crippen molar-refractivity contribution in [1.82, 2.24) is 4.90 Å². The summed E-state index contributed by atoms with van der Waals surface area (Å²) < 4.78 is 4.98. The highest BCUT2D eigenvalue weighted by Gasteiger charge is 2.44. The number of unbranched alkanes of at least 4 members (excludes halogenated alkanes) is 1. The summed E-state index contributed by atoms with van der Waals surface area (Å²) in [6.45, 7) is 7.97. The van der Waals surface area contributed by atoms with Crippen LogP contribution in [-0.2, 0) is 9.53 Å². The molecular formula is C13H25NO4. The van der Waals surface area contributed by atoms with Gasteiger partial charge in [0.2, 0.25) is 0 Å². The first-order valence-corrected chi connectivity index (χ1v) is 6.67. The maximum Gasteiger partial charge on any atom is 0.410 e. The van der Waals surface area contributed by atoms with E-state index < -0.39 is 17.6 Å². The Balaban J connectivity index is 5.21. The van der Waals surface area contributed by atoms with Crippen molar-refractivity contribution in [2.24, 2.45) is 0 Å². The van der Waals surface area contributed by atoms with Gasteiger partial charge in [0.05, 0.1) is 6.61 Å². The van der Waals surface area contributed by atoms with Crippen LogP contribution in [0.1, 0.15) is 53.4 Å². The van der Waals surface area contributed by atoms with E-state index in [0.717, 1.165) is 12.8 Å². The second kappa shape index (κ2) is 7.95. The molecule has 1 N–H and O–H groups in total. The first-order chi connectivity index (χ1) is 8.49. The Morgan fingerprint density at radius 2 is 1.72 bits per heavy atom. The van der Waals surface area contributed by atoms with E-state index in [4.69, 9.17) is 4.74 Å². The summed E-state index contributed by atoms with van der Waals surface area (Å²) in [7, 11) is 0. The van der Waals surface area contributed by atoms with Gasteiger partial charge in [0.25, 0.3) is 0 Å². The number of carboxylic acid groups (broad SMARTS) is 1. The summed E-state index contributed by atoms with van der Waals surface area (Å²) in [6, 6.07) is 0. The molecule has 0 atom stereocenters. The Kier molecular flexibility index (Phi) is 7.39. The zero-order valence-corrected chi connectivity index (χ0v) is 11.9. The fraction of sp³-hybridized carbons (Fsp3) is 0.846. The summed E-state index contributed by atoms with van der Waals surface area (Å²) in [4.78, 5) is 24.9. The second-order valence-electron chi connectivity index (χ2n) is 4.25. The summed E-state index contributed by atoms with van der Waals surface area (Å²) in [5.41, 5.74) is -1.15. The first-order valence-electron chi connectivity index (χ1n) is 6.67. The van der Waals surface area contributed by atoms with Crippen molar-refractivity contribution in [2.75, 3.05) is 13.2 Å². The summed E-state index contributed by atoms with van der Waals surface area (Å²) in [5.74, 6) is -0.961. The topological polar surface area (TPSA) is 66.8 Å². The van der Waals surface area contributed by atoms with Crippen molar-refractivity contribution >= 4 is 12.1 Å². The molecule has 0 spiro atoms. The van der Waals surface area contributed by atoms with Crippen LogP contribution in [0.15, 0.2) is 0 Å². The highest BCUT2D eigenvalue weighted by atomic mass is 16.6. The van der Waals surface area contributed by atoms with Gasteiger partial charge in [-0.15, -0.1) is 0 Å². The SMILES string of the molecule is CCCCN(C(=O)OCC)C(CC)(CC)C(=O)O. The third-order valence-electron chi connectivity index (χ3n) is 3.31. The van der Waals surface area contributed by atoms with E-state index >= 15 is 0 Å². The van der Waals surface area contributed by atoms with Crippen LogP contribution in [0.5, 0.6) is 0 Å². The summed E-state index contributed by atoms with van der Waals surface area (Å²) in [6.07, 6.45) is 1.90. The lowest BCUT2D eigenvalue weighted by atomic mass is 9.90. The average Bonchev–Trinajstić information content (AvgIpc) is 2.34. The molecule has 0 aliphatic heterocycles. The molecule has 5 nitrogen and oxygen atoms in total. The zero-order valence-electron chi connectivity index (χ0n) is 11.9. The smallest absolute Gasteiger partial charge is 0.410 e. The number of carbonyl (C=O) groups is 2. The molecule has 0 aromatic carbocycles. The maximum absolute atomic E-state index is 12.0. The van der Waals surface area contributed by atoms with Crippen LogP contribution in [0.25, 0.3) is 0 Å². The number of hydrogen-bond donors (Lipinski definition) is 1. The van der Waals surface area contributed by atoms with E-state index in [-0.39, 0.29) is 6.61 Å². The normalized spacial score (nSPS) is 11.1. The van der Waals surface area contributed by atoms with Gasteiger partial charge in [0.15, 0.2) is 0 Å². The van der Waals surface area contributed by atoms with Crippen LogP contribution in [0.4, 0.5) is 4.79 Å². The summed E-state index contributed by atoms with van der Waals surface area (Å²) in [5, 5.41) is 9.46. The number of carbonyl (C=O) groups excluding carboxylic acids is 1. The minimum Gasteiger partial charge on any atom is -0.479 e. The lowest BCUT2D eigenvalue weighted by Crippen LogP contribution is -2.57. The number of rotatable bonds is 8. The predicted molar refractivity (Wildman–Crippen MR) is 69.6 cm³/mol. The predicted octanol–water partition coefficient (Wildman–Crippen LogP) is 2.89. The fourth-order valence-corrected chi connectivity index (χ4v) is 2.05. The Bertz CT molecular complexity index is 274. The number of amides is 1. The van der Waals surface area contributed by atoms with Gasteiger partial charge in [-0.25, -0.2) is 9.59 Å². The largest absolute Gasteiger partial charge is 0.479 e. The van der Waals surface area contributed by atoms with Gasteiger partial charge in [0.1, 0.15) is 5.54 Å². The van der Waals surface area contributed by atoms with Gasteiger partial charge >= 0.3 is 12.1 Å². The van der Waals surface area contributed by atoms with E-state index in [9.17, 15) is 14.7 Å². The number of aliphatic carboxylic acids is 1. The highest BCUT2D eigenvalue weighted by Crippen LogP contribution is 2.26. The molecule has 0 unspecified atom stereocenters. The van der Waals surface area contributed by atoms with Crippen molar-refractivity contribution < 1.29 is 19.4 Å². The minimum atomic E-state index is -1.15. The van der Waals surface area contributed by atoms with E-state index in [2.05, 4.69) is 0 Å². The zero-order chi connectivity index (χ0) is 14.2. The first kappa shape index (κ1) is 16.7. The lowest BCUT2D eigenvalue weighted by molar-refractivity contribution is -0.151. The molecule has 0 radical (unpaired) electrons.